The topological polar surface area (TPSA) is 30.5 Å². The van der Waals surface area contributed by atoms with E-state index in [0.29, 0.717) is 24.3 Å². The first-order valence-electron chi connectivity index (χ1n) is 6.66. The lowest BCUT2D eigenvalue weighted by Gasteiger charge is -2.34. The van der Waals surface area contributed by atoms with E-state index in [9.17, 15) is 0 Å². The zero-order valence-corrected chi connectivity index (χ0v) is 10.6. The molecule has 4 atom stereocenters. The Morgan fingerprint density at radius 2 is 1.25 bits per heavy atom. The van der Waals surface area contributed by atoms with E-state index in [1.54, 1.807) is 0 Å². The zero-order chi connectivity index (χ0) is 11.4. The summed E-state index contributed by atoms with van der Waals surface area (Å²) in [4.78, 5) is 0. The van der Waals surface area contributed by atoms with Gasteiger partial charge in [0.05, 0.1) is 12.2 Å². The second kappa shape index (κ2) is 5.99. The molecule has 0 bridgehead atoms. The maximum atomic E-state index is 5.58. The average Bonchev–Trinajstić information content (AvgIpc) is 2.77. The van der Waals surface area contributed by atoms with Gasteiger partial charge in [-0.25, -0.2) is 0 Å². The predicted octanol–water partition coefficient (Wildman–Crippen LogP) is 2.10. The second-order valence-electron chi connectivity index (χ2n) is 5.14. The Morgan fingerprint density at radius 1 is 0.750 bits per heavy atom. The monoisotopic (exact) mass is 227 g/mol. The van der Waals surface area contributed by atoms with E-state index in [2.05, 4.69) is 5.32 Å². The number of methoxy groups -OCH3 is 2. The van der Waals surface area contributed by atoms with E-state index in [1.807, 2.05) is 14.2 Å². The van der Waals surface area contributed by atoms with Gasteiger partial charge in [-0.15, -0.1) is 0 Å². The third-order valence-electron chi connectivity index (χ3n) is 4.19. The molecule has 0 aromatic rings. The highest BCUT2D eigenvalue weighted by Gasteiger charge is 2.32. The largest absolute Gasteiger partial charge is 0.380 e. The average molecular weight is 227 g/mol. The van der Waals surface area contributed by atoms with Crippen LogP contribution in [0.2, 0.25) is 0 Å². The first-order chi connectivity index (χ1) is 7.85. The van der Waals surface area contributed by atoms with Crippen LogP contribution in [0.1, 0.15) is 44.9 Å². The maximum Gasteiger partial charge on any atom is 0.0724 e. The Kier molecular flexibility index (Phi) is 4.62. The zero-order valence-electron chi connectivity index (χ0n) is 10.6. The van der Waals surface area contributed by atoms with Gasteiger partial charge in [0.1, 0.15) is 0 Å². The molecule has 0 aromatic heterocycles. The van der Waals surface area contributed by atoms with Crippen LogP contribution in [0.4, 0.5) is 0 Å². The Morgan fingerprint density at radius 3 is 1.88 bits per heavy atom. The Bertz CT molecular complexity index is 210. The molecule has 2 aliphatic rings. The van der Waals surface area contributed by atoms with Crippen molar-refractivity contribution in [3.8, 4) is 0 Å². The van der Waals surface area contributed by atoms with E-state index in [0.717, 1.165) is 0 Å². The lowest BCUT2D eigenvalue weighted by Crippen LogP contribution is -2.50. The van der Waals surface area contributed by atoms with Crippen molar-refractivity contribution in [1.29, 1.82) is 0 Å². The molecule has 3 heteroatoms. The fraction of sp³-hybridized carbons (Fsp3) is 1.00. The quantitative estimate of drug-likeness (QED) is 0.798. The Labute approximate surface area is 98.9 Å². The summed E-state index contributed by atoms with van der Waals surface area (Å²) in [5, 5.41) is 3.77. The molecule has 2 aliphatic carbocycles. The highest BCUT2D eigenvalue weighted by molar-refractivity contribution is 4.90. The van der Waals surface area contributed by atoms with Crippen LogP contribution in [0, 0.1) is 0 Å². The van der Waals surface area contributed by atoms with Gasteiger partial charge in [0.25, 0.3) is 0 Å². The minimum absolute atomic E-state index is 0.409. The minimum Gasteiger partial charge on any atom is -0.380 e. The van der Waals surface area contributed by atoms with Crippen molar-refractivity contribution in [2.24, 2.45) is 0 Å². The first kappa shape index (κ1) is 12.3. The van der Waals surface area contributed by atoms with Crippen molar-refractivity contribution >= 4 is 0 Å². The number of ether oxygens (including phenoxy) is 2. The van der Waals surface area contributed by atoms with Gasteiger partial charge in [-0.1, -0.05) is 12.8 Å². The van der Waals surface area contributed by atoms with Crippen molar-refractivity contribution in [1.82, 2.24) is 5.32 Å². The lowest BCUT2D eigenvalue weighted by molar-refractivity contribution is 0.0226. The summed E-state index contributed by atoms with van der Waals surface area (Å²) < 4.78 is 11.1. The van der Waals surface area contributed by atoms with E-state index in [-0.39, 0.29) is 0 Å². The molecule has 0 spiro atoms. The van der Waals surface area contributed by atoms with Crippen molar-refractivity contribution in [3.63, 3.8) is 0 Å². The third-order valence-corrected chi connectivity index (χ3v) is 4.19. The molecule has 0 heterocycles. The molecule has 0 aromatic carbocycles. The van der Waals surface area contributed by atoms with Gasteiger partial charge >= 0.3 is 0 Å². The summed E-state index contributed by atoms with van der Waals surface area (Å²) >= 11 is 0. The van der Waals surface area contributed by atoms with Gasteiger partial charge in [-0.05, 0) is 32.1 Å². The van der Waals surface area contributed by atoms with E-state index in [1.165, 1.54) is 44.9 Å². The van der Waals surface area contributed by atoms with Gasteiger partial charge in [-0.3, -0.25) is 0 Å². The summed E-state index contributed by atoms with van der Waals surface area (Å²) in [7, 11) is 3.67. The first-order valence-corrected chi connectivity index (χ1v) is 6.66. The summed E-state index contributed by atoms with van der Waals surface area (Å²) in [5.74, 6) is 0. The highest BCUT2D eigenvalue weighted by Crippen LogP contribution is 2.26. The van der Waals surface area contributed by atoms with Gasteiger partial charge in [0, 0.05) is 26.3 Å². The molecule has 94 valence electrons. The van der Waals surface area contributed by atoms with E-state index in [4.69, 9.17) is 9.47 Å². The summed E-state index contributed by atoms with van der Waals surface area (Å²) in [6.07, 6.45) is 9.69. The number of rotatable bonds is 4. The second-order valence-corrected chi connectivity index (χ2v) is 5.14. The summed E-state index contributed by atoms with van der Waals surface area (Å²) in [6, 6.07) is 1.09. The molecule has 2 fully saturated rings. The smallest absolute Gasteiger partial charge is 0.0724 e. The molecule has 0 radical (unpaired) electrons. The van der Waals surface area contributed by atoms with Crippen molar-refractivity contribution in [2.75, 3.05) is 14.2 Å². The van der Waals surface area contributed by atoms with Gasteiger partial charge in [-0.2, -0.15) is 0 Å². The number of nitrogens with one attached hydrogen (secondary N) is 1. The van der Waals surface area contributed by atoms with Crippen LogP contribution >= 0.6 is 0 Å². The molecule has 4 unspecified atom stereocenters. The van der Waals surface area contributed by atoms with Crippen LogP contribution in [0.25, 0.3) is 0 Å². The molecule has 2 saturated carbocycles. The molecular formula is C13H25NO2. The van der Waals surface area contributed by atoms with Crippen molar-refractivity contribution < 1.29 is 9.47 Å². The molecule has 16 heavy (non-hydrogen) atoms. The maximum absolute atomic E-state index is 5.58. The van der Waals surface area contributed by atoms with Crippen LogP contribution < -0.4 is 5.32 Å². The van der Waals surface area contributed by atoms with Crippen molar-refractivity contribution in [2.45, 2.75) is 69.2 Å². The van der Waals surface area contributed by atoms with E-state index >= 15 is 0 Å². The highest BCUT2D eigenvalue weighted by atomic mass is 16.5. The van der Waals surface area contributed by atoms with Gasteiger partial charge in [0.2, 0.25) is 0 Å². The van der Waals surface area contributed by atoms with Gasteiger partial charge < -0.3 is 14.8 Å². The SMILES string of the molecule is COC1CCCCC1NC1CCCC1OC. The molecular weight excluding hydrogens is 202 g/mol. The number of hydrogen-bond donors (Lipinski definition) is 1. The van der Waals surface area contributed by atoms with Crippen molar-refractivity contribution in [3.05, 3.63) is 0 Å². The summed E-state index contributed by atoms with van der Waals surface area (Å²) in [5.41, 5.74) is 0. The van der Waals surface area contributed by atoms with Crippen LogP contribution in [0.3, 0.4) is 0 Å². The van der Waals surface area contributed by atoms with Crippen LogP contribution in [0.15, 0.2) is 0 Å². The number of hydrogen-bond acceptors (Lipinski definition) is 3. The summed E-state index contributed by atoms with van der Waals surface area (Å²) in [6.45, 7) is 0. The van der Waals surface area contributed by atoms with Gasteiger partial charge in [0.15, 0.2) is 0 Å². The fourth-order valence-corrected chi connectivity index (χ4v) is 3.24. The minimum atomic E-state index is 0.409. The van der Waals surface area contributed by atoms with E-state index < -0.39 is 0 Å². The predicted molar refractivity (Wildman–Crippen MR) is 64.6 cm³/mol. The Hall–Kier alpha value is -0.120. The standard InChI is InChI=1S/C13H25NO2/c1-15-12-8-4-3-6-10(12)14-11-7-5-9-13(11)16-2/h10-14H,3-9H2,1-2H3. The Balaban J connectivity index is 1.86. The molecule has 0 aliphatic heterocycles. The third kappa shape index (κ3) is 2.76. The molecule has 1 N–H and O–H groups in total. The normalized spacial score (nSPS) is 40.1. The molecule has 2 rings (SSSR count). The van der Waals surface area contributed by atoms with Crippen LogP contribution in [-0.2, 0) is 9.47 Å². The molecule has 0 amide bonds. The van der Waals surface area contributed by atoms with Crippen LogP contribution in [-0.4, -0.2) is 38.5 Å². The lowest BCUT2D eigenvalue weighted by atomic mass is 9.91. The molecule has 3 nitrogen and oxygen atoms in total. The fourth-order valence-electron chi connectivity index (χ4n) is 3.24. The molecule has 0 saturated heterocycles. The van der Waals surface area contributed by atoms with Crippen LogP contribution in [0.5, 0.6) is 0 Å².